The van der Waals surface area contributed by atoms with Crippen LogP contribution in [-0.2, 0) is 6.54 Å². The van der Waals surface area contributed by atoms with Gasteiger partial charge in [0.25, 0.3) is 5.91 Å². The van der Waals surface area contributed by atoms with Crippen LogP contribution in [0, 0.1) is 5.82 Å². The molecular weight excluding hydrogens is 463 g/mol. The van der Waals surface area contributed by atoms with Gasteiger partial charge in [-0.05, 0) is 66.6 Å². The maximum Gasteiger partial charge on any atom is 0.255 e. The lowest BCUT2D eigenvalue weighted by Gasteiger charge is -2.16. The number of nitrogen functional groups attached to an aromatic ring is 1. The van der Waals surface area contributed by atoms with Crippen molar-refractivity contribution < 1.29 is 9.18 Å². The van der Waals surface area contributed by atoms with E-state index in [1.54, 1.807) is 41.8 Å². The monoisotopic (exact) mass is 486 g/mol. The van der Waals surface area contributed by atoms with Crippen LogP contribution in [0.25, 0.3) is 21.5 Å². The summed E-state index contributed by atoms with van der Waals surface area (Å²) >= 11 is 1.66. The van der Waals surface area contributed by atoms with Crippen LogP contribution in [0.5, 0.6) is 0 Å². The van der Waals surface area contributed by atoms with Crippen molar-refractivity contribution in [3.8, 4) is 10.4 Å². The number of thiophene rings is 1. The lowest BCUT2D eigenvalue weighted by molar-refractivity contribution is 0.0940. The standard InChI is InChI=1S/C26H23FN6OS/c1-15(16-4-7-18(27)8-5-16)31-25(34)20-3-2-12-29-24(20)30-14-19-9-11-23(35-19)17-6-10-21-22(13-17)33-26(28)32-21/h2-13,15H,14H2,1H3,(H,29,30)(H,31,34)(H3,28,32,33). The fourth-order valence-corrected chi connectivity index (χ4v) is 4.76. The number of nitrogens with zero attached hydrogens (tertiary/aromatic N) is 2. The Bertz CT molecular complexity index is 1490. The fraction of sp³-hybridized carbons (Fsp3) is 0.115. The summed E-state index contributed by atoms with van der Waals surface area (Å²) in [6, 6.07) is 19.4. The molecule has 5 aromatic rings. The second kappa shape index (κ2) is 9.55. The first-order valence-electron chi connectivity index (χ1n) is 11.1. The van der Waals surface area contributed by atoms with Crippen molar-refractivity contribution in [1.82, 2.24) is 20.3 Å². The Balaban J connectivity index is 1.27. The number of aromatic nitrogens is 3. The van der Waals surface area contributed by atoms with E-state index in [1.807, 2.05) is 25.1 Å². The molecule has 0 saturated heterocycles. The summed E-state index contributed by atoms with van der Waals surface area (Å²) in [5, 5.41) is 6.24. The highest BCUT2D eigenvalue weighted by Gasteiger charge is 2.16. The average molecular weight is 487 g/mol. The van der Waals surface area contributed by atoms with Crippen molar-refractivity contribution >= 4 is 40.0 Å². The molecule has 1 unspecified atom stereocenters. The van der Waals surface area contributed by atoms with E-state index in [9.17, 15) is 9.18 Å². The van der Waals surface area contributed by atoms with Crippen LogP contribution in [-0.4, -0.2) is 20.9 Å². The summed E-state index contributed by atoms with van der Waals surface area (Å²) in [4.78, 5) is 26.8. The molecule has 0 spiro atoms. The number of H-pyrrole nitrogens is 1. The topological polar surface area (TPSA) is 109 Å². The average Bonchev–Trinajstić information content (AvgIpc) is 3.48. The Morgan fingerprint density at radius 3 is 2.80 bits per heavy atom. The van der Waals surface area contributed by atoms with Gasteiger partial charge in [0.05, 0.1) is 29.2 Å². The molecule has 2 aromatic carbocycles. The zero-order chi connectivity index (χ0) is 24.4. The minimum absolute atomic E-state index is 0.253. The van der Waals surface area contributed by atoms with E-state index < -0.39 is 0 Å². The number of anilines is 2. The summed E-state index contributed by atoms with van der Waals surface area (Å²) < 4.78 is 13.2. The van der Waals surface area contributed by atoms with Crippen molar-refractivity contribution in [2.45, 2.75) is 19.5 Å². The Morgan fingerprint density at radius 2 is 1.97 bits per heavy atom. The Hall–Kier alpha value is -4.24. The van der Waals surface area contributed by atoms with Gasteiger partial charge in [0, 0.05) is 16.0 Å². The smallest absolute Gasteiger partial charge is 0.255 e. The van der Waals surface area contributed by atoms with E-state index in [2.05, 4.69) is 37.7 Å². The molecule has 0 aliphatic carbocycles. The van der Waals surface area contributed by atoms with Gasteiger partial charge in [0.15, 0.2) is 5.95 Å². The van der Waals surface area contributed by atoms with E-state index in [4.69, 9.17) is 5.73 Å². The number of carbonyl (C=O) groups excluding carboxylic acids is 1. The summed E-state index contributed by atoms with van der Waals surface area (Å²) in [5.74, 6) is 0.335. The summed E-state index contributed by atoms with van der Waals surface area (Å²) in [5.41, 5.74) is 9.82. The van der Waals surface area contributed by atoms with Crippen LogP contribution in [0.2, 0.25) is 0 Å². The number of fused-ring (bicyclic) bond motifs is 1. The van der Waals surface area contributed by atoms with Gasteiger partial charge in [-0.1, -0.05) is 18.2 Å². The molecule has 1 atom stereocenters. The Kier molecular flexibility index (Phi) is 6.15. The van der Waals surface area contributed by atoms with Crippen LogP contribution in [0.4, 0.5) is 16.2 Å². The highest BCUT2D eigenvalue weighted by atomic mass is 32.1. The van der Waals surface area contributed by atoms with Gasteiger partial charge < -0.3 is 21.4 Å². The molecule has 176 valence electrons. The lowest BCUT2D eigenvalue weighted by atomic mass is 10.1. The molecule has 0 fully saturated rings. The minimum atomic E-state index is -0.311. The van der Waals surface area contributed by atoms with Crippen molar-refractivity contribution in [3.63, 3.8) is 0 Å². The molecule has 3 aromatic heterocycles. The van der Waals surface area contributed by atoms with Crippen molar-refractivity contribution in [1.29, 1.82) is 0 Å². The summed E-state index contributed by atoms with van der Waals surface area (Å²) in [6.45, 7) is 2.38. The molecule has 0 radical (unpaired) electrons. The largest absolute Gasteiger partial charge is 0.369 e. The lowest BCUT2D eigenvalue weighted by Crippen LogP contribution is -2.27. The maximum atomic E-state index is 13.2. The highest BCUT2D eigenvalue weighted by Crippen LogP contribution is 2.30. The van der Waals surface area contributed by atoms with Gasteiger partial charge in [0.1, 0.15) is 11.6 Å². The van der Waals surface area contributed by atoms with E-state index in [1.165, 1.54) is 12.1 Å². The minimum Gasteiger partial charge on any atom is -0.369 e. The molecule has 1 amide bonds. The van der Waals surface area contributed by atoms with E-state index in [0.717, 1.165) is 31.9 Å². The van der Waals surface area contributed by atoms with E-state index >= 15 is 0 Å². The molecule has 3 heterocycles. The predicted octanol–water partition coefficient (Wildman–Crippen LogP) is 5.51. The zero-order valence-corrected chi connectivity index (χ0v) is 19.7. The van der Waals surface area contributed by atoms with Gasteiger partial charge in [0.2, 0.25) is 0 Å². The Morgan fingerprint density at radius 1 is 1.14 bits per heavy atom. The van der Waals surface area contributed by atoms with Crippen LogP contribution < -0.4 is 16.4 Å². The second-order valence-electron chi connectivity index (χ2n) is 8.12. The van der Waals surface area contributed by atoms with Gasteiger partial charge in [-0.15, -0.1) is 11.3 Å². The third kappa shape index (κ3) is 4.99. The first-order chi connectivity index (χ1) is 17.0. The molecule has 0 aliphatic heterocycles. The normalized spacial score (nSPS) is 11.9. The predicted molar refractivity (Wildman–Crippen MR) is 138 cm³/mol. The van der Waals surface area contributed by atoms with Crippen LogP contribution >= 0.6 is 11.3 Å². The third-order valence-electron chi connectivity index (χ3n) is 5.65. The number of amides is 1. The van der Waals surface area contributed by atoms with Crippen molar-refractivity contribution in [2.24, 2.45) is 0 Å². The van der Waals surface area contributed by atoms with E-state index in [0.29, 0.717) is 23.9 Å². The Labute approximate surface area is 205 Å². The molecule has 0 saturated carbocycles. The number of halogens is 1. The number of imidazole rings is 1. The van der Waals surface area contributed by atoms with Gasteiger partial charge in [-0.2, -0.15) is 0 Å². The SMILES string of the molecule is CC(NC(=O)c1cccnc1NCc1ccc(-c2ccc3nc(N)[nH]c3c2)s1)c1ccc(F)cc1. The van der Waals surface area contributed by atoms with Gasteiger partial charge in [-0.3, -0.25) is 4.79 Å². The first-order valence-corrected chi connectivity index (χ1v) is 11.9. The van der Waals surface area contributed by atoms with Gasteiger partial charge in [-0.25, -0.2) is 14.4 Å². The van der Waals surface area contributed by atoms with Crippen LogP contribution in [0.3, 0.4) is 0 Å². The molecule has 9 heteroatoms. The zero-order valence-electron chi connectivity index (χ0n) is 18.9. The number of nitrogens with two attached hydrogens (primary N) is 1. The van der Waals surface area contributed by atoms with Gasteiger partial charge >= 0.3 is 0 Å². The number of rotatable bonds is 7. The fourth-order valence-electron chi connectivity index (χ4n) is 3.82. The highest BCUT2D eigenvalue weighted by molar-refractivity contribution is 7.15. The maximum absolute atomic E-state index is 13.2. The van der Waals surface area contributed by atoms with Crippen molar-refractivity contribution in [2.75, 3.05) is 11.1 Å². The molecule has 5 N–H and O–H groups in total. The first kappa shape index (κ1) is 22.5. The molecule has 7 nitrogen and oxygen atoms in total. The number of benzene rings is 2. The number of aromatic amines is 1. The van der Waals surface area contributed by atoms with Crippen molar-refractivity contribution in [3.05, 3.63) is 94.7 Å². The third-order valence-corrected chi connectivity index (χ3v) is 6.78. The molecule has 35 heavy (non-hydrogen) atoms. The number of hydrogen-bond donors (Lipinski definition) is 4. The molecule has 5 rings (SSSR count). The van der Waals surface area contributed by atoms with E-state index in [-0.39, 0.29) is 17.8 Å². The quantitative estimate of drug-likeness (QED) is 0.243. The summed E-state index contributed by atoms with van der Waals surface area (Å²) in [7, 11) is 0. The van der Waals surface area contributed by atoms with Crippen LogP contribution in [0.15, 0.2) is 72.9 Å². The number of pyridine rings is 1. The molecular formula is C26H23FN6OS. The number of carbonyl (C=O) groups is 1. The molecule has 0 aliphatic rings. The second-order valence-corrected chi connectivity index (χ2v) is 9.29. The molecule has 0 bridgehead atoms. The number of hydrogen-bond acceptors (Lipinski definition) is 6. The van der Waals surface area contributed by atoms with Crippen LogP contribution in [0.1, 0.15) is 33.8 Å². The summed E-state index contributed by atoms with van der Waals surface area (Å²) in [6.07, 6.45) is 1.65. The number of nitrogens with one attached hydrogen (secondary N) is 3.